The first kappa shape index (κ1) is 33.4. The fourth-order valence-corrected chi connectivity index (χ4v) is 8.43. The summed E-state index contributed by atoms with van der Waals surface area (Å²) in [4.78, 5) is 59.6. The van der Waals surface area contributed by atoms with Crippen molar-refractivity contribution >= 4 is 56.9 Å². The number of para-hydroxylation sites is 1. The molecule has 0 aliphatic carbocycles. The molecule has 1 spiro atoms. The second-order valence-electron chi connectivity index (χ2n) is 12.3. The largest absolute Gasteiger partial charge is 0.463 e. The molecule has 6 rings (SSSR count). The van der Waals surface area contributed by atoms with Crippen LogP contribution >= 0.6 is 27.5 Å². The van der Waals surface area contributed by atoms with E-state index in [0.29, 0.717) is 28.0 Å². The summed E-state index contributed by atoms with van der Waals surface area (Å²) in [6.45, 7) is 3.27. The highest BCUT2D eigenvalue weighted by Gasteiger charge is 2.75. The maximum atomic E-state index is 15.1. The highest BCUT2D eigenvalue weighted by atomic mass is 79.9. The molecule has 2 saturated heterocycles. The minimum absolute atomic E-state index is 0.0853. The van der Waals surface area contributed by atoms with E-state index in [2.05, 4.69) is 21.2 Å². The molecule has 2 fully saturated rings. The molecule has 0 saturated carbocycles. The first-order valence-electron chi connectivity index (χ1n) is 15.8. The zero-order chi connectivity index (χ0) is 33.5. The monoisotopic (exact) mass is 725 g/mol. The molecule has 0 radical (unpaired) electrons. The van der Waals surface area contributed by atoms with Gasteiger partial charge in [-0.25, -0.2) is 0 Å². The van der Waals surface area contributed by atoms with Gasteiger partial charge in [-0.1, -0.05) is 89.1 Å². The maximum absolute atomic E-state index is 15.1. The maximum Gasteiger partial charge on any atom is 0.306 e. The number of hydrogen-bond donors (Lipinski definition) is 2. The number of carbonyl (C=O) groups is 4. The second-order valence-corrected chi connectivity index (χ2v) is 13.7. The predicted molar refractivity (Wildman–Crippen MR) is 179 cm³/mol. The fourth-order valence-electron chi connectivity index (χ4n) is 7.37. The molecule has 12 heteroatoms. The van der Waals surface area contributed by atoms with Crippen molar-refractivity contribution in [1.29, 1.82) is 0 Å². The summed E-state index contributed by atoms with van der Waals surface area (Å²) in [6.07, 6.45) is 5.32. The van der Waals surface area contributed by atoms with E-state index in [-0.39, 0.29) is 26.2 Å². The van der Waals surface area contributed by atoms with Crippen LogP contribution in [0, 0.1) is 18.8 Å². The summed E-state index contributed by atoms with van der Waals surface area (Å²) >= 11 is 10.3. The van der Waals surface area contributed by atoms with Crippen LogP contribution in [0.2, 0.25) is 5.02 Å². The zero-order valence-electron chi connectivity index (χ0n) is 26.1. The first-order chi connectivity index (χ1) is 22.6. The van der Waals surface area contributed by atoms with Crippen molar-refractivity contribution in [3.05, 3.63) is 87.4 Å². The summed E-state index contributed by atoms with van der Waals surface area (Å²) in [5.74, 6) is -3.87. The molecule has 4 aliphatic heterocycles. The van der Waals surface area contributed by atoms with Gasteiger partial charge >= 0.3 is 5.97 Å². The summed E-state index contributed by atoms with van der Waals surface area (Å²) < 4.78 is 12.8. The molecule has 0 unspecified atom stereocenters. The van der Waals surface area contributed by atoms with Gasteiger partial charge in [-0.2, -0.15) is 0 Å². The molecule has 2 N–H and O–H groups in total. The zero-order valence-corrected chi connectivity index (χ0v) is 28.4. The molecule has 7 atom stereocenters. The Kier molecular flexibility index (Phi) is 9.62. The number of anilines is 1. The number of fused-ring (bicyclic) bond motifs is 2. The van der Waals surface area contributed by atoms with Crippen LogP contribution in [0.5, 0.6) is 0 Å². The fraction of sp³-hybridized carbons (Fsp3) is 0.429. The van der Waals surface area contributed by atoms with Crippen LogP contribution in [0.1, 0.15) is 43.4 Å². The van der Waals surface area contributed by atoms with Gasteiger partial charge in [0, 0.05) is 17.4 Å². The van der Waals surface area contributed by atoms with Crippen LogP contribution in [0.4, 0.5) is 5.69 Å². The first-order valence-corrected chi connectivity index (χ1v) is 17.0. The summed E-state index contributed by atoms with van der Waals surface area (Å²) in [6, 6.07) is 11.9. The number of halogens is 2. The topological polar surface area (TPSA) is 125 Å². The van der Waals surface area contributed by atoms with Crippen molar-refractivity contribution in [2.75, 3.05) is 24.7 Å². The SMILES string of the molecule is CC[C@@H](CO)N1C(=O)[C@@H]2[C@H]3C(=O)N[C@@H](c4ccccc4)COC(=O)CC/C=C\CN(c4c(C)cccc4Cl)C(=O)[C@@H]1[C@]21C=C(Br)[C@H]3O1. The van der Waals surface area contributed by atoms with E-state index in [4.69, 9.17) is 21.1 Å². The van der Waals surface area contributed by atoms with Crippen LogP contribution in [-0.2, 0) is 28.7 Å². The standard InChI is InChI=1S/C35H37BrClN3O7/c1-3-22(18-41)40-31-34(45)39(29-20(2)11-10-14-24(29)37)16-9-5-8-15-26(42)46-19-25(21-12-6-4-7-13-21)38-32(43)27-28(33(40)44)35(31)17-23(36)30(27)47-35/h4-7,9-14,17,22,25,27-28,30-31,41H,3,8,15-16,18-19H2,1-2H3,(H,38,43)/b9-5-/t22-,25+,27+,28-,30+,31+,35-/m0/s1. The van der Waals surface area contributed by atoms with Crippen molar-refractivity contribution in [3.8, 4) is 0 Å². The number of amides is 3. The quantitative estimate of drug-likeness (QED) is 0.346. The lowest BCUT2D eigenvalue weighted by Crippen LogP contribution is -2.58. The van der Waals surface area contributed by atoms with E-state index in [1.165, 1.54) is 9.80 Å². The third-order valence-corrected chi connectivity index (χ3v) is 10.6. The van der Waals surface area contributed by atoms with Gasteiger partial charge in [0.1, 0.15) is 24.4 Å². The van der Waals surface area contributed by atoms with Gasteiger partial charge in [0.05, 0.1) is 41.2 Å². The predicted octanol–water partition coefficient (Wildman–Crippen LogP) is 4.38. The Balaban J connectivity index is 1.50. The minimum atomic E-state index is -1.50. The summed E-state index contributed by atoms with van der Waals surface area (Å²) in [5, 5.41) is 13.8. The van der Waals surface area contributed by atoms with Gasteiger partial charge < -0.3 is 29.7 Å². The van der Waals surface area contributed by atoms with E-state index in [1.807, 2.05) is 50.2 Å². The number of ether oxygens (including phenoxy) is 2. The Bertz CT molecular complexity index is 1610. The number of rotatable bonds is 5. The van der Waals surface area contributed by atoms with Crippen molar-refractivity contribution in [2.45, 2.75) is 62.9 Å². The molecule has 47 heavy (non-hydrogen) atoms. The number of cyclic esters (lactones) is 1. The number of hydrogen-bond acceptors (Lipinski definition) is 7. The van der Waals surface area contributed by atoms with Crippen LogP contribution in [0.3, 0.4) is 0 Å². The van der Waals surface area contributed by atoms with Gasteiger partial charge in [0.15, 0.2) is 0 Å². The molecule has 4 heterocycles. The number of allylic oxidation sites excluding steroid dienone is 1. The van der Waals surface area contributed by atoms with Crippen molar-refractivity contribution in [3.63, 3.8) is 0 Å². The van der Waals surface area contributed by atoms with Crippen molar-refractivity contribution in [1.82, 2.24) is 10.2 Å². The van der Waals surface area contributed by atoms with Crippen LogP contribution in [-0.4, -0.2) is 77.2 Å². The number of aryl methyl sites for hydroxylation is 1. The minimum Gasteiger partial charge on any atom is -0.463 e. The highest BCUT2D eigenvalue weighted by Crippen LogP contribution is 2.59. The van der Waals surface area contributed by atoms with Crippen molar-refractivity contribution < 1.29 is 33.8 Å². The number of aliphatic hydroxyl groups is 1. The second kappa shape index (κ2) is 13.5. The van der Waals surface area contributed by atoms with E-state index in [1.54, 1.807) is 30.4 Å². The van der Waals surface area contributed by atoms with E-state index >= 15 is 4.79 Å². The lowest BCUT2D eigenvalue weighted by atomic mass is 9.74. The van der Waals surface area contributed by atoms with Gasteiger partial charge in [0.2, 0.25) is 11.8 Å². The smallest absolute Gasteiger partial charge is 0.306 e. The van der Waals surface area contributed by atoms with Crippen LogP contribution < -0.4 is 10.2 Å². The number of likely N-dealkylation sites (tertiary alicyclic amines) is 1. The van der Waals surface area contributed by atoms with Crippen LogP contribution in [0.25, 0.3) is 0 Å². The average Bonchev–Trinajstić information content (AvgIpc) is 3.65. The molecule has 10 nitrogen and oxygen atoms in total. The van der Waals surface area contributed by atoms with E-state index < -0.39 is 65.4 Å². The van der Waals surface area contributed by atoms with E-state index in [0.717, 1.165) is 11.1 Å². The normalized spacial score (nSPS) is 30.9. The number of nitrogens with zero attached hydrogens (tertiary/aromatic N) is 2. The molecule has 2 aromatic carbocycles. The number of carbonyl (C=O) groups excluding carboxylic acids is 4. The Morgan fingerprint density at radius 2 is 1.85 bits per heavy atom. The molecule has 2 aromatic rings. The van der Waals surface area contributed by atoms with Crippen molar-refractivity contribution in [2.24, 2.45) is 11.8 Å². The Morgan fingerprint density at radius 1 is 1.09 bits per heavy atom. The Morgan fingerprint density at radius 3 is 2.55 bits per heavy atom. The molecule has 5 bridgehead atoms. The molecule has 4 aliphatic rings. The molecule has 248 valence electrons. The third-order valence-electron chi connectivity index (χ3n) is 9.60. The van der Waals surface area contributed by atoms with Crippen LogP contribution in [0.15, 0.2) is 71.2 Å². The Hall–Kier alpha value is -3.51. The number of nitrogens with one attached hydrogen (secondary N) is 1. The average molecular weight is 727 g/mol. The highest BCUT2D eigenvalue weighted by molar-refractivity contribution is 9.11. The van der Waals surface area contributed by atoms with Gasteiger partial charge in [-0.05, 0) is 43.0 Å². The summed E-state index contributed by atoms with van der Waals surface area (Å²) in [5.41, 5.74) is 0.443. The lowest BCUT2D eigenvalue weighted by Gasteiger charge is -2.39. The van der Waals surface area contributed by atoms with Gasteiger partial charge in [-0.3, -0.25) is 19.2 Å². The number of benzene rings is 2. The summed E-state index contributed by atoms with van der Waals surface area (Å²) in [7, 11) is 0. The molecular weight excluding hydrogens is 690 g/mol. The Labute approximate surface area is 286 Å². The molecular formula is C35H37BrClN3O7. The number of esters is 1. The molecule has 0 aromatic heterocycles. The van der Waals surface area contributed by atoms with Gasteiger partial charge in [-0.15, -0.1) is 0 Å². The van der Waals surface area contributed by atoms with Gasteiger partial charge in [0.25, 0.3) is 5.91 Å². The number of aliphatic hydroxyl groups excluding tert-OH is 1. The third kappa shape index (κ3) is 5.81. The lowest BCUT2D eigenvalue weighted by molar-refractivity contribution is -0.146. The van der Waals surface area contributed by atoms with E-state index in [9.17, 15) is 19.5 Å². The molecule has 3 amide bonds.